The lowest BCUT2D eigenvalue weighted by atomic mass is 10.0. The Morgan fingerprint density at radius 1 is 1.50 bits per heavy atom. The number of nitrogens with zero attached hydrogens (tertiary/aromatic N) is 4. The molecule has 1 N–H and O–H groups in total. The van der Waals surface area contributed by atoms with Gasteiger partial charge in [-0.25, -0.2) is 9.59 Å². The molecule has 0 aromatic heterocycles. The van der Waals surface area contributed by atoms with E-state index < -0.39 is 23.7 Å². The maximum Gasteiger partial charge on any atom is 0.411 e. The minimum absolute atomic E-state index is 0.167. The van der Waals surface area contributed by atoms with Crippen molar-refractivity contribution >= 4 is 12.1 Å². The van der Waals surface area contributed by atoms with E-state index >= 15 is 0 Å². The van der Waals surface area contributed by atoms with Gasteiger partial charge in [-0.3, -0.25) is 4.90 Å². The summed E-state index contributed by atoms with van der Waals surface area (Å²) in [5.74, 6) is -1.26. The third-order valence-electron chi connectivity index (χ3n) is 3.25. The third kappa shape index (κ3) is 3.77. The van der Waals surface area contributed by atoms with E-state index in [0.717, 1.165) is 0 Å². The smallest absolute Gasteiger partial charge is 0.411 e. The van der Waals surface area contributed by atoms with E-state index in [9.17, 15) is 14.7 Å². The lowest BCUT2D eigenvalue weighted by Crippen LogP contribution is -2.46. The first-order valence-corrected chi connectivity index (χ1v) is 6.42. The Kier molecular flexibility index (Phi) is 4.83. The number of carbonyl (C=O) groups excluding carboxylic acids is 1. The molecule has 0 radical (unpaired) electrons. The summed E-state index contributed by atoms with van der Waals surface area (Å²) in [4.78, 5) is 27.3. The monoisotopic (exact) mass is 284 g/mol. The molecule has 1 heterocycles. The van der Waals surface area contributed by atoms with Gasteiger partial charge >= 0.3 is 12.1 Å². The summed E-state index contributed by atoms with van der Waals surface area (Å²) in [6, 6.07) is -1.30. The third-order valence-corrected chi connectivity index (χ3v) is 3.25. The molecule has 1 amide bonds. The highest BCUT2D eigenvalue weighted by molar-refractivity contribution is 5.81. The van der Waals surface area contributed by atoms with Gasteiger partial charge in [0.1, 0.15) is 11.6 Å². The number of carboxylic acid groups (broad SMARTS) is 1. The van der Waals surface area contributed by atoms with E-state index in [1.807, 2.05) is 0 Å². The first-order chi connectivity index (χ1) is 9.17. The second-order valence-electron chi connectivity index (χ2n) is 5.89. The molecule has 112 valence electrons. The molecule has 0 spiro atoms. The highest BCUT2D eigenvalue weighted by atomic mass is 16.6. The molecule has 0 aromatic carbocycles. The summed E-state index contributed by atoms with van der Waals surface area (Å²) in [5.41, 5.74) is 7.66. The molecular formula is C12H20N4O4. The Morgan fingerprint density at radius 3 is 2.55 bits per heavy atom. The van der Waals surface area contributed by atoms with Crippen LogP contribution in [0.25, 0.3) is 10.4 Å². The van der Waals surface area contributed by atoms with Crippen molar-refractivity contribution in [3.05, 3.63) is 10.4 Å². The molecule has 1 rings (SSSR count). The predicted octanol–water partition coefficient (Wildman–Crippen LogP) is 2.40. The fourth-order valence-corrected chi connectivity index (χ4v) is 2.30. The lowest BCUT2D eigenvalue weighted by Gasteiger charge is -2.30. The van der Waals surface area contributed by atoms with Crippen LogP contribution in [0.5, 0.6) is 0 Å². The van der Waals surface area contributed by atoms with Crippen molar-refractivity contribution in [3.8, 4) is 0 Å². The fourth-order valence-electron chi connectivity index (χ4n) is 2.30. The number of likely N-dealkylation sites (tertiary alicyclic amines) is 1. The molecule has 0 aliphatic carbocycles. The molecular weight excluding hydrogens is 264 g/mol. The van der Waals surface area contributed by atoms with Crippen LogP contribution in [-0.4, -0.2) is 46.3 Å². The Balaban J connectivity index is 2.92. The van der Waals surface area contributed by atoms with Crippen molar-refractivity contribution in [3.63, 3.8) is 0 Å². The largest absolute Gasteiger partial charge is 0.480 e. The summed E-state index contributed by atoms with van der Waals surface area (Å²) in [6.07, 6.45) is -0.393. The van der Waals surface area contributed by atoms with Gasteiger partial charge in [0, 0.05) is 17.5 Å². The number of hydrogen-bond donors (Lipinski definition) is 1. The summed E-state index contributed by atoms with van der Waals surface area (Å²) in [5, 5.41) is 12.7. The second-order valence-corrected chi connectivity index (χ2v) is 5.89. The molecule has 0 unspecified atom stereocenters. The highest BCUT2D eigenvalue weighted by Gasteiger charge is 2.46. The van der Waals surface area contributed by atoms with Crippen LogP contribution >= 0.6 is 0 Å². The summed E-state index contributed by atoms with van der Waals surface area (Å²) >= 11 is 0. The average Bonchev–Trinajstić information content (AvgIpc) is 2.61. The Labute approximate surface area is 117 Å². The number of ether oxygens (including phenoxy) is 1. The van der Waals surface area contributed by atoms with Gasteiger partial charge in [0.25, 0.3) is 0 Å². The van der Waals surface area contributed by atoms with Crippen molar-refractivity contribution in [1.29, 1.82) is 0 Å². The Morgan fingerprint density at radius 2 is 2.10 bits per heavy atom. The summed E-state index contributed by atoms with van der Waals surface area (Å²) in [6.45, 7) is 7.07. The van der Waals surface area contributed by atoms with Crippen LogP contribution < -0.4 is 0 Å². The average molecular weight is 284 g/mol. The van der Waals surface area contributed by atoms with Gasteiger partial charge in [0.05, 0.1) is 0 Å². The molecule has 3 atom stereocenters. The van der Waals surface area contributed by atoms with Crippen LogP contribution in [0.2, 0.25) is 0 Å². The molecule has 8 nitrogen and oxygen atoms in total. The van der Waals surface area contributed by atoms with Crippen molar-refractivity contribution in [2.24, 2.45) is 11.0 Å². The Bertz CT molecular complexity index is 439. The van der Waals surface area contributed by atoms with E-state index in [2.05, 4.69) is 10.0 Å². The second kappa shape index (κ2) is 6.00. The number of azide groups is 1. The molecule has 0 bridgehead atoms. The van der Waals surface area contributed by atoms with Gasteiger partial charge in [-0.2, -0.15) is 0 Å². The van der Waals surface area contributed by atoms with E-state index in [-0.39, 0.29) is 24.9 Å². The number of carboxylic acids is 1. The van der Waals surface area contributed by atoms with E-state index in [1.54, 1.807) is 27.7 Å². The topological polar surface area (TPSA) is 116 Å². The van der Waals surface area contributed by atoms with Crippen molar-refractivity contribution < 1.29 is 19.4 Å². The van der Waals surface area contributed by atoms with Crippen molar-refractivity contribution in [1.82, 2.24) is 4.90 Å². The van der Waals surface area contributed by atoms with Gasteiger partial charge in [0.15, 0.2) is 0 Å². The standard InChI is InChI=1S/C12H20N4O4/c1-7-8(6-14-15-13)5-9(10(17)18)16(7)11(19)20-12(2,3)4/h7-9H,5-6H2,1-4H3,(H,17,18)/t7-,8-,9+/m1/s1. The van der Waals surface area contributed by atoms with Crippen molar-refractivity contribution in [2.75, 3.05) is 6.54 Å². The minimum atomic E-state index is -1.08. The van der Waals surface area contributed by atoms with Crippen LogP contribution in [0.4, 0.5) is 4.79 Å². The number of carbonyl (C=O) groups is 2. The first-order valence-electron chi connectivity index (χ1n) is 6.42. The predicted molar refractivity (Wildman–Crippen MR) is 71.1 cm³/mol. The summed E-state index contributed by atoms with van der Waals surface area (Å²) < 4.78 is 5.25. The lowest BCUT2D eigenvalue weighted by molar-refractivity contribution is -0.142. The molecule has 0 saturated carbocycles. The fraction of sp³-hybridized carbons (Fsp3) is 0.833. The van der Waals surface area contributed by atoms with Crippen LogP contribution in [0.3, 0.4) is 0 Å². The molecule has 8 heteroatoms. The molecule has 1 fully saturated rings. The van der Waals surface area contributed by atoms with E-state index in [1.165, 1.54) is 4.90 Å². The first kappa shape index (κ1) is 16.1. The normalized spacial score (nSPS) is 26.0. The maximum absolute atomic E-state index is 12.1. The highest BCUT2D eigenvalue weighted by Crippen LogP contribution is 2.32. The zero-order valence-corrected chi connectivity index (χ0v) is 12.1. The van der Waals surface area contributed by atoms with Gasteiger partial charge < -0.3 is 9.84 Å². The van der Waals surface area contributed by atoms with Gasteiger partial charge in [-0.05, 0) is 45.6 Å². The van der Waals surface area contributed by atoms with Gasteiger partial charge in [-0.15, -0.1) is 0 Å². The molecule has 0 aromatic rings. The Hall–Kier alpha value is -1.95. The number of rotatable bonds is 3. The van der Waals surface area contributed by atoms with Crippen molar-refractivity contribution in [2.45, 2.75) is 51.8 Å². The van der Waals surface area contributed by atoms with E-state index in [4.69, 9.17) is 10.3 Å². The minimum Gasteiger partial charge on any atom is -0.480 e. The van der Waals surface area contributed by atoms with Gasteiger partial charge in [0.2, 0.25) is 0 Å². The number of aliphatic carboxylic acids is 1. The van der Waals surface area contributed by atoms with Gasteiger partial charge in [-0.1, -0.05) is 5.11 Å². The molecule has 1 aliphatic heterocycles. The van der Waals surface area contributed by atoms with Crippen LogP contribution in [0, 0.1) is 5.92 Å². The zero-order chi connectivity index (χ0) is 15.5. The van der Waals surface area contributed by atoms with E-state index in [0.29, 0.717) is 0 Å². The molecule has 20 heavy (non-hydrogen) atoms. The summed E-state index contributed by atoms with van der Waals surface area (Å²) in [7, 11) is 0. The SMILES string of the molecule is C[C@@H]1[C@@H](CN=[N+]=[N-])C[C@@H](C(=O)O)N1C(=O)OC(C)(C)C. The van der Waals surface area contributed by atoms with Crippen LogP contribution in [-0.2, 0) is 9.53 Å². The number of hydrogen-bond acceptors (Lipinski definition) is 4. The quantitative estimate of drug-likeness (QED) is 0.486. The van der Waals surface area contributed by atoms with Crippen LogP contribution in [0.1, 0.15) is 34.1 Å². The number of amides is 1. The van der Waals surface area contributed by atoms with Crippen LogP contribution in [0.15, 0.2) is 5.11 Å². The zero-order valence-electron chi connectivity index (χ0n) is 12.1. The molecule has 1 aliphatic rings. The maximum atomic E-state index is 12.1. The molecule has 1 saturated heterocycles.